The lowest BCUT2D eigenvalue weighted by Gasteiger charge is -2.14. The molecule has 2 unspecified atom stereocenters. The molecular weight excluding hydrogens is 250 g/mol. The smallest absolute Gasteiger partial charge is 0.138 e. The van der Waals surface area contributed by atoms with Crippen molar-refractivity contribution in [2.45, 2.75) is 19.1 Å². The van der Waals surface area contributed by atoms with Gasteiger partial charge in [0.2, 0.25) is 0 Å². The van der Waals surface area contributed by atoms with E-state index in [2.05, 4.69) is 9.97 Å². The average molecular weight is 267 g/mol. The molecule has 0 radical (unpaired) electrons. The molecule has 0 aliphatic carbocycles. The highest BCUT2D eigenvalue weighted by molar-refractivity contribution is 5.80. The molecule has 1 aromatic heterocycles. The standard InChI is InChI=1S/C16H17N3O/c1-10(17)15(20)12-7-8-13-14(9-12)19-16(18-13)11-5-3-2-4-6-11/h2-10,15,20H,17H2,1H3,(H,18,19). The number of benzene rings is 2. The highest BCUT2D eigenvalue weighted by Gasteiger charge is 2.14. The van der Waals surface area contributed by atoms with Gasteiger partial charge in [-0.05, 0) is 24.6 Å². The van der Waals surface area contributed by atoms with Crippen LogP contribution in [0.15, 0.2) is 48.5 Å². The van der Waals surface area contributed by atoms with Gasteiger partial charge in [-0.1, -0.05) is 36.4 Å². The third-order valence-corrected chi connectivity index (χ3v) is 3.39. The maximum Gasteiger partial charge on any atom is 0.138 e. The SMILES string of the molecule is CC(N)C(O)c1ccc2nc(-c3ccccc3)[nH]c2c1. The first-order valence-electron chi connectivity index (χ1n) is 6.64. The normalized spacial score (nSPS) is 14.3. The van der Waals surface area contributed by atoms with Gasteiger partial charge in [-0.2, -0.15) is 0 Å². The fraction of sp³-hybridized carbons (Fsp3) is 0.188. The van der Waals surface area contributed by atoms with Gasteiger partial charge in [0, 0.05) is 11.6 Å². The lowest BCUT2D eigenvalue weighted by atomic mass is 10.0. The van der Waals surface area contributed by atoms with Crippen LogP contribution in [0.4, 0.5) is 0 Å². The Hall–Kier alpha value is -2.17. The predicted molar refractivity (Wildman–Crippen MR) is 80.1 cm³/mol. The van der Waals surface area contributed by atoms with Gasteiger partial charge in [0.15, 0.2) is 0 Å². The molecule has 4 N–H and O–H groups in total. The molecule has 0 saturated heterocycles. The summed E-state index contributed by atoms with van der Waals surface area (Å²) < 4.78 is 0. The lowest BCUT2D eigenvalue weighted by Crippen LogP contribution is -2.24. The quantitative estimate of drug-likeness (QED) is 0.683. The third kappa shape index (κ3) is 2.31. The highest BCUT2D eigenvalue weighted by atomic mass is 16.3. The lowest BCUT2D eigenvalue weighted by molar-refractivity contribution is 0.153. The van der Waals surface area contributed by atoms with Crippen LogP contribution in [0.25, 0.3) is 22.4 Å². The minimum atomic E-state index is -0.664. The van der Waals surface area contributed by atoms with Crippen molar-refractivity contribution in [1.82, 2.24) is 9.97 Å². The molecule has 2 atom stereocenters. The molecular formula is C16H17N3O. The summed E-state index contributed by atoms with van der Waals surface area (Å²) in [5.74, 6) is 0.827. The van der Waals surface area contributed by atoms with E-state index in [1.807, 2.05) is 48.5 Å². The topological polar surface area (TPSA) is 74.9 Å². The van der Waals surface area contributed by atoms with Crippen LogP contribution in [0.2, 0.25) is 0 Å². The number of aromatic amines is 1. The molecule has 20 heavy (non-hydrogen) atoms. The number of imidazole rings is 1. The Balaban J connectivity index is 2.04. The number of aliphatic hydroxyl groups is 1. The predicted octanol–water partition coefficient (Wildman–Crippen LogP) is 2.61. The fourth-order valence-electron chi connectivity index (χ4n) is 2.25. The number of nitrogens with zero attached hydrogens (tertiary/aromatic N) is 1. The van der Waals surface area contributed by atoms with Crippen LogP contribution in [0.5, 0.6) is 0 Å². The summed E-state index contributed by atoms with van der Waals surface area (Å²) in [5, 5.41) is 10.0. The molecule has 3 rings (SSSR count). The summed E-state index contributed by atoms with van der Waals surface area (Å²) in [6, 6.07) is 15.3. The van der Waals surface area contributed by atoms with E-state index in [0.29, 0.717) is 0 Å². The number of aromatic nitrogens is 2. The van der Waals surface area contributed by atoms with Crippen LogP contribution in [0.3, 0.4) is 0 Å². The van der Waals surface area contributed by atoms with Gasteiger partial charge in [0.1, 0.15) is 5.82 Å². The van der Waals surface area contributed by atoms with Gasteiger partial charge in [0.25, 0.3) is 0 Å². The Morgan fingerprint density at radius 2 is 1.90 bits per heavy atom. The van der Waals surface area contributed by atoms with Crippen LogP contribution in [-0.2, 0) is 0 Å². The number of aliphatic hydroxyl groups excluding tert-OH is 1. The van der Waals surface area contributed by atoms with Crippen molar-refractivity contribution in [3.8, 4) is 11.4 Å². The molecule has 102 valence electrons. The number of fused-ring (bicyclic) bond motifs is 1. The highest BCUT2D eigenvalue weighted by Crippen LogP contribution is 2.24. The van der Waals surface area contributed by atoms with Gasteiger partial charge in [-0.3, -0.25) is 0 Å². The third-order valence-electron chi connectivity index (χ3n) is 3.39. The van der Waals surface area contributed by atoms with Crippen LogP contribution in [0.1, 0.15) is 18.6 Å². The molecule has 0 bridgehead atoms. The van der Waals surface area contributed by atoms with E-state index >= 15 is 0 Å². The van der Waals surface area contributed by atoms with Crippen molar-refractivity contribution in [2.75, 3.05) is 0 Å². The van der Waals surface area contributed by atoms with Gasteiger partial charge in [0.05, 0.1) is 17.1 Å². The van der Waals surface area contributed by atoms with Gasteiger partial charge >= 0.3 is 0 Å². The largest absolute Gasteiger partial charge is 0.387 e. The van der Waals surface area contributed by atoms with Crippen molar-refractivity contribution < 1.29 is 5.11 Å². The second kappa shape index (κ2) is 5.07. The zero-order valence-corrected chi connectivity index (χ0v) is 11.2. The number of hydrogen-bond donors (Lipinski definition) is 3. The van der Waals surface area contributed by atoms with E-state index in [9.17, 15) is 5.11 Å². The van der Waals surface area contributed by atoms with E-state index in [1.165, 1.54) is 0 Å². The molecule has 0 saturated carbocycles. The van der Waals surface area contributed by atoms with Gasteiger partial charge < -0.3 is 15.8 Å². The van der Waals surface area contributed by atoms with E-state index in [1.54, 1.807) is 6.92 Å². The monoisotopic (exact) mass is 267 g/mol. The Bertz CT molecular complexity index is 719. The molecule has 3 aromatic rings. The first-order chi connectivity index (χ1) is 9.65. The van der Waals surface area contributed by atoms with E-state index < -0.39 is 6.10 Å². The van der Waals surface area contributed by atoms with E-state index in [-0.39, 0.29) is 6.04 Å². The van der Waals surface area contributed by atoms with E-state index in [0.717, 1.165) is 28.0 Å². The number of H-pyrrole nitrogens is 1. The number of nitrogens with two attached hydrogens (primary N) is 1. The number of rotatable bonds is 3. The number of hydrogen-bond acceptors (Lipinski definition) is 3. The molecule has 0 aliphatic heterocycles. The van der Waals surface area contributed by atoms with Crippen molar-refractivity contribution in [3.05, 3.63) is 54.1 Å². The molecule has 1 heterocycles. The second-order valence-corrected chi connectivity index (χ2v) is 5.03. The molecule has 0 fully saturated rings. The zero-order chi connectivity index (χ0) is 14.1. The fourth-order valence-corrected chi connectivity index (χ4v) is 2.25. The van der Waals surface area contributed by atoms with Crippen molar-refractivity contribution >= 4 is 11.0 Å². The minimum Gasteiger partial charge on any atom is -0.387 e. The molecule has 0 amide bonds. The summed E-state index contributed by atoms with van der Waals surface area (Å²) in [6.45, 7) is 1.79. The van der Waals surface area contributed by atoms with Gasteiger partial charge in [-0.15, -0.1) is 0 Å². The Kier molecular flexibility index (Phi) is 3.26. The first kappa shape index (κ1) is 12.8. The van der Waals surface area contributed by atoms with Crippen LogP contribution < -0.4 is 5.73 Å². The zero-order valence-electron chi connectivity index (χ0n) is 11.2. The molecule has 4 heteroatoms. The summed E-state index contributed by atoms with van der Waals surface area (Å²) in [6.07, 6.45) is -0.664. The Morgan fingerprint density at radius 1 is 1.15 bits per heavy atom. The van der Waals surface area contributed by atoms with Crippen molar-refractivity contribution in [1.29, 1.82) is 0 Å². The summed E-state index contributed by atoms with van der Waals surface area (Å²) in [5.41, 5.74) is 9.36. The van der Waals surface area contributed by atoms with Crippen molar-refractivity contribution in [2.24, 2.45) is 5.73 Å². The van der Waals surface area contributed by atoms with Crippen LogP contribution in [-0.4, -0.2) is 21.1 Å². The molecule has 4 nitrogen and oxygen atoms in total. The molecule has 2 aromatic carbocycles. The summed E-state index contributed by atoms with van der Waals surface area (Å²) in [7, 11) is 0. The first-order valence-corrected chi connectivity index (χ1v) is 6.64. The maximum absolute atomic E-state index is 10.0. The van der Waals surface area contributed by atoms with Crippen LogP contribution in [0, 0.1) is 0 Å². The summed E-state index contributed by atoms with van der Waals surface area (Å²) in [4.78, 5) is 7.84. The Labute approximate surface area is 117 Å². The number of nitrogens with one attached hydrogen (secondary N) is 1. The second-order valence-electron chi connectivity index (χ2n) is 5.03. The minimum absolute atomic E-state index is 0.302. The molecule has 0 aliphatic rings. The average Bonchev–Trinajstić information content (AvgIpc) is 2.90. The Morgan fingerprint density at radius 3 is 2.60 bits per heavy atom. The van der Waals surface area contributed by atoms with Gasteiger partial charge in [-0.25, -0.2) is 4.98 Å². The maximum atomic E-state index is 10.0. The van der Waals surface area contributed by atoms with Crippen molar-refractivity contribution in [3.63, 3.8) is 0 Å². The molecule has 0 spiro atoms. The van der Waals surface area contributed by atoms with Crippen LogP contribution >= 0.6 is 0 Å². The van der Waals surface area contributed by atoms with E-state index in [4.69, 9.17) is 5.73 Å². The summed E-state index contributed by atoms with van der Waals surface area (Å²) >= 11 is 0.